The van der Waals surface area contributed by atoms with Crippen LogP contribution in [0.3, 0.4) is 0 Å². The molecule has 1 aliphatic heterocycles. The van der Waals surface area contributed by atoms with Crippen LogP contribution < -0.4 is 4.90 Å². The molecule has 0 amide bonds. The molecule has 0 atom stereocenters. The van der Waals surface area contributed by atoms with Crippen LogP contribution in [0.1, 0.15) is 41.0 Å². The van der Waals surface area contributed by atoms with Gasteiger partial charge in [0.1, 0.15) is 5.69 Å². The van der Waals surface area contributed by atoms with E-state index in [9.17, 15) is 9.90 Å². The second-order valence-corrected chi connectivity index (χ2v) is 6.34. The van der Waals surface area contributed by atoms with Crippen LogP contribution in [0.2, 0.25) is 0 Å². The lowest BCUT2D eigenvalue weighted by atomic mass is 10.1. The summed E-state index contributed by atoms with van der Waals surface area (Å²) in [5, 5.41) is 12.3. The number of carbonyl (C=O) groups is 1. The zero-order valence-electron chi connectivity index (χ0n) is 12.1. The number of aromatic nitrogens is 2. The van der Waals surface area contributed by atoms with Crippen molar-refractivity contribution in [1.29, 1.82) is 0 Å². The largest absolute Gasteiger partial charge is 0.477 e. The van der Waals surface area contributed by atoms with Crippen molar-refractivity contribution in [1.82, 2.24) is 9.55 Å². The van der Waals surface area contributed by atoms with Crippen molar-refractivity contribution in [2.45, 2.75) is 32.7 Å². The first-order chi connectivity index (χ1) is 10.1. The highest BCUT2D eigenvalue weighted by atomic mass is 32.1. The summed E-state index contributed by atoms with van der Waals surface area (Å²) in [7, 11) is 0. The number of carboxylic acid groups (broad SMARTS) is 1. The Bertz CT molecular complexity index is 641. The summed E-state index contributed by atoms with van der Waals surface area (Å²) in [5.74, 6) is -0.894. The molecule has 0 radical (unpaired) electrons. The minimum absolute atomic E-state index is 0.319. The molecule has 0 aliphatic carbocycles. The van der Waals surface area contributed by atoms with Crippen LogP contribution in [0.25, 0.3) is 0 Å². The van der Waals surface area contributed by atoms with Gasteiger partial charge in [-0.15, -0.1) is 11.3 Å². The molecule has 0 unspecified atom stereocenters. The Morgan fingerprint density at radius 3 is 2.86 bits per heavy atom. The quantitative estimate of drug-likeness (QED) is 0.943. The second kappa shape index (κ2) is 5.89. The van der Waals surface area contributed by atoms with Crippen molar-refractivity contribution in [3.05, 3.63) is 34.6 Å². The van der Waals surface area contributed by atoms with E-state index in [0.717, 1.165) is 29.5 Å². The fourth-order valence-electron chi connectivity index (χ4n) is 2.74. The van der Waals surface area contributed by atoms with Crippen LogP contribution in [0, 0.1) is 6.92 Å². The van der Waals surface area contributed by atoms with Gasteiger partial charge in [0.15, 0.2) is 5.13 Å². The van der Waals surface area contributed by atoms with Crippen molar-refractivity contribution in [2.24, 2.45) is 0 Å². The molecule has 2 aromatic heterocycles. The van der Waals surface area contributed by atoms with Gasteiger partial charge >= 0.3 is 5.97 Å². The normalized spacial score (nSPS) is 15.4. The van der Waals surface area contributed by atoms with Crippen LogP contribution in [-0.4, -0.2) is 33.7 Å². The van der Waals surface area contributed by atoms with Crippen molar-refractivity contribution < 1.29 is 9.90 Å². The Balaban J connectivity index is 1.76. The number of aromatic carboxylic acids is 1. The molecule has 3 rings (SSSR count). The third-order valence-corrected chi connectivity index (χ3v) is 4.70. The molecule has 0 saturated carbocycles. The molecule has 0 spiro atoms. The molecule has 21 heavy (non-hydrogen) atoms. The highest BCUT2D eigenvalue weighted by molar-refractivity contribution is 7.13. The van der Waals surface area contributed by atoms with E-state index in [1.54, 1.807) is 22.0 Å². The SMILES string of the molecule is Cc1cc(C(=O)O)n(Cc2csc(N3CCCCC3)n2)c1. The van der Waals surface area contributed by atoms with Gasteiger partial charge in [0.25, 0.3) is 0 Å². The Labute approximate surface area is 127 Å². The Kier molecular flexibility index (Phi) is 3.96. The van der Waals surface area contributed by atoms with Gasteiger partial charge in [-0.2, -0.15) is 0 Å². The monoisotopic (exact) mass is 305 g/mol. The van der Waals surface area contributed by atoms with Gasteiger partial charge in [0.2, 0.25) is 0 Å². The van der Waals surface area contributed by atoms with E-state index in [4.69, 9.17) is 0 Å². The van der Waals surface area contributed by atoms with Crippen molar-refractivity contribution >= 4 is 22.4 Å². The van der Waals surface area contributed by atoms with Gasteiger partial charge in [0, 0.05) is 24.7 Å². The standard InChI is InChI=1S/C15H19N3O2S/c1-11-7-13(14(19)20)18(8-11)9-12-10-21-15(16-12)17-5-3-2-4-6-17/h7-8,10H,2-6,9H2,1H3,(H,19,20). The van der Waals surface area contributed by atoms with Crippen molar-refractivity contribution in [2.75, 3.05) is 18.0 Å². The fraction of sp³-hybridized carbons (Fsp3) is 0.467. The molecule has 1 fully saturated rings. The second-order valence-electron chi connectivity index (χ2n) is 5.50. The number of carboxylic acids is 1. The van der Waals surface area contributed by atoms with E-state index < -0.39 is 5.97 Å². The minimum Gasteiger partial charge on any atom is -0.477 e. The topological polar surface area (TPSA) is 58.4 Å². The molecule has 2 aromatic rings. The summed E-state index contributed by atoms with van der Waals surface area (Å²) in [5.41, 5.74) is 2.21. The van der Waals surface area contributed by atoms with Gasteiger partial charge < -0.3 is 14.6 Å². The molecular formula is C15H19N3O2S. The molecule has 1 aliphatic rings. The number of thiazole rings is 1. The fourth-order valence-corrected chi connectivity index (χ4v) is 3.61. The summed E-state index contributed by atoms with van der Waals surface area (Å²) in [6.07, 6.45) is 5.63. The maximum atomic E-state index is 11.2. The molecule has 6 heteroatoms. The Morgan fingerprint density at radius 2 is 2.14 bits per heavy atom. The number of piperidine rings is 1. The number of hydrogen-bond acceptors (Lipinski definition) is 4. The lowest BCUT2D eigenvalue weighted by molar-refractivity contribution is 0.0685. The number of anilines is 1. The Hall–Kier alpha value is -1.82. The van der Waals surface area contributed by atoms with Crippen molar-refractivity contribution in [3.63, 3.8) is 0 Å². The van der Waals surface area contributed by atoms with Gasteiger partial charge in [0.05, 0.1) is 12.2 Å². The predicted octanol–water partition coefficient (Wildman–Crippen LogP) is 2.99. The molecule has 5 nitrogen and oxygen atoms in total. The maximum absolute atomic E-state index is 11.2. The van der Waals surface area contributed by atoms with E-state index in [-0.39, 0.29) is 0 Å². The van der Waals surface area contributed by atoms with Crippen LogP contribution in [0.5, 0.6) is 0 Å². The highest BCUT2D eigenvalue weighted by Gasteiger charge is 2.16. The molecule has 0 aromatic carbocycles. The first-order valence-electron chi connectivity index (χ1n) is 7.23. The van der Waals surface area contributed by atoms with Gasteiger partial charge in [-0.3, -0.25) is 0 Å². The summed E-state index contributed by atoms with van der Waals surface area (Å²) in [6.45, 7) is 4.58. The summed E-state index contributed by atoms with van der Waals surface area (Å²) < 4.78 is 1.76. The first kappa shape index (κ1) is 14.1. The molecular weight excluding hydrogens is 286 g/mol. The van der Waals surface area contributed by atoms with Crippen LogP contribution >= 0.6 is 11.3 Å². The number of hydrogen-bond donors (Lipinski definition) is 1. The number of nitrogens with zero attached hydrogens (tertiary/aromatic N) is 3. The van der Waals surface area contributed by atoms with E-state index in [0.29, 0.717) is 12.2 Å². The third-order valence-electron chi connectivity index (χ3n) is 3.75. The molecule has 0 bridgehead atoms. The number of rotatable bonds is 4. The molecule has 1 N–H and O–H groups in total. The summed E-state index contributed by atoms with van der Waals surface area (Å²) in [6, 6.07) is 1.69. The molecule has 112 valence electrons. The lowest BCUT2D eigenvalue weighted by Gasteiger charge is -2.25. The maximum Gasteiger partial charge on any atom is 0.352 e. The molecule has 1 saturated heterocycles. The third kappa shape index (κ3) is 3.10. The summed E-state index contributed by atoms with van der Waals surface area (Å²) in [4.78, 5) is 18.2. The van der Waals surface area contributed by atoms with Gasteiger partial charge in [-0.05, 0) is 37.8 Å². The first-order valence-corrected chi connectivity index (χ1v) is 8.11. The van der Waals surface area contributed by atoms with E-state index in [1.165, 1.54) is 19.3 Å². The highest BCUT2D eigenvalue weighted by Crippen LogP contribution is 2.24. The van der Waals surface area contributed by atoms with Gasteiger partial charge in [-0.1, -0.05) is 0 Å². The van der Waals surface area contributed by atoms with Crippen LogP contribution in [0.15, 0.2) is 17.6 Å². The Morgan fingerprint density at radius 1 is 1.38 bits per heavy atom. The summed E-state index contributed by atoms with van der Waals surface area (Å²) >= 11 is 1.65. The average molecular weight is 305 g/mol. The smallest absolute Gasteiger partial charge is 0.352 e. The van der Waals surface area contributed by atoms with Crippen molar-refractivity contribution in [3.8, 4) is 0 Å². The van der Waals surface area contributed by atoms with E-state index in [2.05, 4.69) is 9.88 Å². The number of aryl methyl sites for hydroxylation is 1. The minimum atomic E-state index is -0.894. The van der Waals surface area contributed by atoms with Gasteiger partial charge in [-0.25, -0.2) is 9.78 Å². The van der Waals surface area contributed by atoms with E-state index >= 15 is 0 Å². The zero-order chi connectivity index (χ0) is 14.8. The van der Waals surface area contributed by atoms with Crippen LogP contribution in [-0.2, 0) is 6.54 Å². The zero-order valence-corrected chi connectivity index (χ0v) is 12.9. The molecule has 3 heterocycles. The lowest BCUT2D eigenvalue weighted by Crippen LogP contribution is -2.29. The van der Waals surface area contributed by atoms with Crippen LogP contribution in [0.4, 0.5) is 5.13 Å². The predicted molar refractivity (Wildman–Crippen MR) is 83.4 cm³/mol. The average Bonchev–Trinajstić information content (AvgIpc) is 3.07. The van der Waals surface area contributed by atoms with E-state index in [1.807, 2.05) is 18.5 Å².